The van der Waals surface area contributed by atoms with E-state index in [1.807, 2.05) is 6.08 Å². The molecule has 0 bridgehead atoms. The molecule has 0 unspecified atom stereocenters. The number of rotatable bonds is 11. The Morgan fingerprint density at radius 1 is 1.18 bits per heavy atom. The van der Waals surface area contributed by atoms with Crippen LogP contribution in [0.3, 0.4) is 0 Å². The summed E-state index contributed by atoms with van der Waals surface area (Å²) in [5.74, 6) is -0.812. The molecular formula is C14H26O3. The smallest absolute Gasteiger partial charge is 0.331 e. The van der Waals surface area contributed by atoms with Crippen molar-refractivity contribution >= 4 is 5.97 Å². The van der Waals surface area contributed by atoms with Crippen LogP contribution in [-0.2, 0) is 9.53 Å². The lowest BCUT2D eigenvalue weighted by atomic mass is 10.1. The van der Waals surface area contributed by atoms with Crippen LogP contribution in [0.25, 0.3) is 0 Å². The molecule has 0 aromatic rings. The van der Waals surface area contributed by atoms with Gasteiger partial charge in [0.2, 0.25) is 0 Å². The molecule has 100 valence electrons. The average molecular weight is 242 g/mol. The van der Waals surface area contributed by atoms with E-state index in [2.05, 4.69) is 6.92 Å². The first-order chi connectivity index (χ1) is 8.22. The zero-order chi connectivity index (χ0) is 12.9. The summed E-state index contributed by atoms with van der Waals surface area (Å²) in [5, 5.41) is 8.95. The molecule has 0 saturated carbocycles. The first-order valence-electron chi connectivity index (χ1n) is 6.63. The Hall–Kier alpha value is -0.830. The van der Waals surface area contributed by atoms with Crippen molar-refractivity contribution in [1.29, 1.82) is 0 Å². The standard InChI is InChI=1S/C14H26O3/c1-3-4-5-6-7-8-9-10-13(14(15)16)11-12-17-2/h10H,3-9,11-12H2,1-2H3,(H,15,16). The maximum absolute atomic E-state index is 10.9. The van der Waals surface area contributed by atoms with Gasteiger partial charge in [-0.15, -0.1) is 0 Å². The summed E-state index contributed by atoms with van der Waals surface area (Å²) in [6.45, 7) is 2.69. The monoisotopic (exact) mass is 242 g/mol. The minimum atomic E-state index is -0.812. The van der Waals surface area contributed by atoms with Gasteiger partial charge in [0.15, 0.2) is 0 Å². The van der Waals surface area contributed by atoms with Crippen LogP contribution in [0.1, 0.15) is 58.3 Å². The van der Waals surface area contributed by atoms with E-state index in [-0.39, 0.29) is 0 Å². The predicted octanol–water partition coefficient (Wildman–Crippen LogP) is 3.78. The number of ether oxygens (including phenoxy) is 1. The fourth-order valence-electron chi connectivity index (χ4n) is 1.71. The lowest BCUT2D eigenvalue weighted by molar-refractivity contribution is -0.132. The maximum Gasteiger partial charge on any atom is 0.331 e. The van der Waals surface area contributed by atoms with Gasteiger partial charge in [-0.2, -0.15) is 0 Å². The van der Waals surface area contributed by atoms with E-state index in [0.29, 0.717) is 18.6 Å². The van der Waals surface area contributed by atoms with Gasteiger partial charge >= 0.3 is 5.97 Å². The van der Waals surface area contributed by atoms with Gasteiger partial charge in [-0.25, -0.2) is 4.79 Å². The normalized spacial score (nSPS) is 11.8. The van der Waals surface area contributed by atoms with Gasteiger partial charge in [-0.1, -0.05) is 45.1 Å². The van der Waals surface area contributed by atoms with E-state index in [0.717, 1.165) is 12.8 Å². The Bertz CT molecular complexity index is 222. The van der Waals surface area contributed by atoms with Crippen LogP contribution >= 0.6 is 0 Å². The van der Waals surface area contributed by atoms with Crippen molar-refractivity contribution < 1.29 is 14.6 Å². The molecule has 0 fully saturated rings. The maximum atomic E-state index is 10.9. The highest BCUT2D eigenvalue weighted by molar-refractivity contribution is 5.86. The Morgan fingerprint density at radius 2 is 1.82 bits per heavy atom. The summed E-state index contributed by atoms with van der Waals surface area (Å²) < 4.78 is 4.89. The van der Waals surface area contributed by atoms with Gasteiger partial charge in [0.25, 0.3) is 0 Å². The Morgan fingerprint density at radius 3 is 2.41 bits per heavy atom. The van der Waals surface area contributed by atoms with E-state index in [9.17, 15) is 4.79 Å². The third-order valence-corrected chi connectivity index (χ3v) is 2.80. The summed E-state index contributed by atoms with van der Waals surface area (Å²) in [6.07, 6.45) is 10.7. The van der Waals surface area contributed by atoms with E-state index in [1.165, 1.54) is 32.1 Å². The van der Waals surface area contributed by atoms with E-state index < -0.39 is 5.97 Å². The lowest BCUT2D eigenvalue weighted by Crippen LogP contribution is -2.03. The highest BCUT2D eigenvalue weighted by Gasteiger charge is 2.05. The van der Waals surface area contributed by atoms with Crippen LogP contribution in [0.15, 0.2) is 11.6 Å². The van der Waals surface area contributed by atoms with Gasteiger partial charge in [0, 0.05) is 19.1 Å². The fourth-order valence-corrected chi connectivity index (χ4v) is 1.71. The summed E-state index contributed by atoms with van der Waals surface area (Å²) in [7, 11) is 1.59. The van der Waals surface area contributed by atoms with Crippen LogP contribution in [0, 0.1) is 0 Å². The van der Waals surface area contributed by atoms with Crippen LogP contribution in [0.5, 0.6) is 0 Å². The molecule has 0 atom stereocenters. The molecule has 3 heteroatoms. The molecule has 0 spiro atoms. The summed E-state index contributed by atoms with van der Waals surface area (Å²) in [6, 6.07) is 0. The molecule has 0 heterocycles. The van der Waals surface area contributed by atoms with Gasteiger partial charge in [-0.05, 0) is 12.8 Å². The number of methoxy groups -OCH3 is 1. The van der Waals surface area contributed by atoms with Gasteiger partial charge in [-0.3, -0.25) is 0 Å². The molecule has 3 nitrogen and oxygen atoms in total. The first-order valence-corrected chi connectivity index (χ1v) is 6.63. The quantitative estimate of drug-likeness (QED) is 0.443. The number of hydrogen-bond acceptors (Lipinski definition) is 2. The molecule has 0 amide bonds. The fraction of sp³-hybridized carbons (Fsp3) is 0.786. The number of carboxylic acids is 1. The number of carboxylic acid groups (broad SMARTS) is 1. The largest absolute Gasteiger partial charge is 0.478 e. The Labute approximate surface area is 105 Å². The van der Waals surface area contributed by atoms with E-state index >= 15 is 0 Å². The molecule has 0 aliphatic heterocycles. The van der Waals surface area contributed by atoms with Crippen molar-refractivity contribution in [1.82, 2.24) is 0 Å². The van der Waals surface area contributed by atoms with Crippen LogP contribution < -0.4 is 0 Å². The molecule has 0 aliphatic rings. The van der Waals surface area contributed by atoms with Crippen molar-refractivity contribution in [3.8, 4) is 0 Å². The number of unbranched alkanes of at least 4 members (excludes halogenated alkanes) is 6. The van der Waals surface area contributed by atoms with Crippen molar-refractivity contribution in [2.45, 2.75) is 58.3 Å². The molecule has 1 N–H and O–H groups in total. The molecule has 0 aromatic carbocycles. The van der Waals surface area contributed by atoms with Crippen molar-refractivity contribution in [3.63, 3.8) is 0 Å². The second kappa shape index (κ2) is 11.6. The van der Waals surface area contributed by atoms with Crippen LogP contribution in [0.2, 0.25) is 0 Å². The van der Waals surface area contributed by atoms with Gasteiger partial charge in [0.1, 0.15) is 0 Å². The Kier molecular flexibility index (Phi) is 11.1. The second-order valence-corrected chi connectivity index (χ2v) is 4.33. The average Bonchev–Trinajstić information content (AvgIpc) is 2.31. The molecule has 0 aromatic heterocycles. The van der Waals surface area contributed by atoms with Gasteiger partial charge in [0.05, 0.1) is 6.61 Å². The minimum Gasteiger partial charge on any atom is -0.478 e. The van der Waals surface area contributed by atoms with Crippen molar-refractivity contribution in [3.05, 3.63) is 11.6 Å². The number of allylic oxidation sites excluding steroid dienone is 1. The summed E-state index contributed by atoms with van der Waals surface area (Å²) >= 11 is 0. The number of aliphatic carboxylic acids is 1. The summed E-state index contributed by atoms with van der Waals surface area (Å²) in [5.41, 5.74) is 0.486. The molecule has 0 rings (SSSR count). The van der Waals surface area contributed by atoms with Crippen LogP contribution in [-0.4, -0.2) is 24.8 Å². The number of hydrogen-bond donors (Lipinski definition) is 1. The SMILES string of the molecule is CCCCCCCCC=C(CCOC)C(=O)O. The molecule has 0 saturated heterocycles. The van der Waals surface area contributed by atoms with Crippen molar-refractivity contribution in [2.75, 3.05) is 13.7 Å². The van der Waals surface area contributed by atoms with Crippen molar-refractivity contribution in [2.24, 2.45) is 0 Å². The molecule has 17 heavy (non-hydrogen) atoms. The molecule has 0 aliphatic carbocycles. The summed E-state index contributed by atoms with van der Waals surface area (Å²) in [4.78, 5) is 10.9. The minimum absolute atomic E-state index is 0.481. The molecular weight excluding hydrogens is 216 g/mol. The zero-order valence-corrected chi connectivity index (χ0v) is 11.2. The highest BCUT2D eigenvalue weighted by Crippen LogP contribution is 2.10. The Balaban J connectivity index is 3.66. The first kappa shape index (κ1) is 16.2. The van der Waals surface area contributed by atoms with E-state index in [1.54, 1.807) is 7.11 Å². The third-order valence-electron chi connectivity index (χ3n) is 2.80. The van der Waals surface area contributed by atoms with E-state index in [4.69, 9.17) is 9.84 Å². The molecule has 0 radical (unpaired) electrons. The third kappa shape index (κ3) is 10.1. The lowest BCUT2D eigenvalue weighted by Gasteiger charge is -2.02. The highest BCUT2D eigenvalue weighted by atomic mass is 16.5. The topological polar surface area (TPSA) is 46.5 Å². The number of carbonyl (C=O) groups is 1. The predicted molar refractivity (Wildman–Crippen MR) is 70.2 cm³/mol. The van der Waals surface area contributed by atoms with Gasteiger partial charge < -0.3 is 9.84 Å². The van der Waals surface area contributed by atoms with Crippen LogP contribution in [0.4, 0.5) is 0 Å². The zero-order valence-electron chi connectivity index (χ0n) is 11.2. The second-order valence-electron chi connectivity index (χ2n) is 4.33.